The molecule has 1 aromatic carbocycles. The minimum atomic E-state index is -0.560. The first kappa shape index (κ1) is 13.6. The summed E-state index contributed by atoms with van der Waals surface area (Å²) in [6.45, 7) is 1.84. The molecule has 2 unspecified atom stereocenters. The number of carbonyl (C=O) groups excluding carboxylic acids is 1. The third-order valence-corrected chi connectivity index (χ3v) is 3.71. The fraction of sp³-hybridized carbons (Fsp3) is 0.286. The first-order valence-electron chi connectivity index (χ1n) is 6.24. The normalized spacial score (nSPS) is 21.2. The van der Waals surface area contributed by atoms with E-state index in [0.29, 0.717) is 22.1 Å². The topological polar surface area (TPSA) is 77.2 Å². The number of benzene rings is 1. The van der Waals surface area contributed by atoms with Gasteiger partial charge in [0, 0.05) is 0 Å². The van der Waals surface area contributed by atoms with Crippen LogP contribution in [0.15, 0.2) is 17.1 Å². The van der Waals surface area contributed by atoms with Crippen LogP contribution in [0.3, 0.4) is 0 Å². The van der Waals surface area contributed by atoms with Gasteiger partial charge in [0.25, 0.3) is 0 Å². The molecule has 2 N–H and O–H groups in total. The Hall–Kier alpha value is -2.39. The summed E-state index contributed by atoms with van der Waals surface area (Å²) in [6, 6.07) is 1.94. The summed E-state index contributed by atoms with van der Waals surface area (Å²) < 4.78 is 10.6. The molecule has 21 heavy (non-hydrogen) atoms. The summed E-state index contributed by atoms with van der Waals surface area (Å²) in [5.74, 6) is 3.68. The van der Waals surface area contributed by atoms with Gasteiger partial charge in [0.1, 0.15) is 11.9 Å². The second-order valence-electron chi connectivity index (χ2n) is 4.71. The molecule has 0 saturated heterocycles. The van der Waals surface area contributed by atoms with Crippen LogP contribution in [0.1, 0.15) is 18.5 Å². The monoisotopic (exact) mass is 305 g/mol. The molecule has 3 rings (SSSR count). The standard InChI is InChI=1S/C14H12ClN3O3/c1-3-7(2)18-11(13(16)17-14(18)19)8-4-9(15)12-10(5-8)20-6-21-12/h1,4-5,7,11H,6H2,2H3,(H2,16,17,19). The molecule has 0 aliphatic carbocycles. The Kier molecular flexibility index (Phi) is 3.15. The Balaban J connectivity index is 2.06. The van der Waals surface area contributed by atoms with Crippen molar-refractivity contribution in [1.29, 1.82) is 0 Å². The molecule has 0 saturated carbocycles. The molecular weight excluding hydrogens is 294 g/mol. The summed E-state index contributed by atoms with van der Waals surface area (Å²) in [4.78, 5) is 17.2. The highest BCUT2D eigenvalue weighted by Crippen LogP contribution is 2.42. The Morgan fingerprint density at radius 1 is 1.57 bits per heavy atom. The highest BCUT2D eigenvalue weighted by atomic mass is 35.5. The molecule has 2 heterocycles. The van der Waals surface area contributed by atoms with Crippen molar-refractivity contribution in [3.63, 3.8) is 0 Å². The minimum absolute atomic E-state index is 0.107. The number of hydrogen-bond donors (Lipinski definition) is 1. The maximum absolute atomic E-state index is 12.0. The molecule has 7 heteroatoms. The molecule has 2 aliphatic heterocycles. The van der Waals surface area contributed by atoms with Crippen LogP contribution in [0.25, 0.3) is 0 Å². The number of carbonyl (C=O) groups is 1. The molecule has 0 fully saturated rings. The molecule has 108 valence electrons. The van der Waals surface area contributed by atoms with Gasteiger partial charge in [-0.05, 0) is 24.6 Å². The smallest absolute Gasteiger partial charge is 0.347 e. The second-order valence-corrected chi connectivity index (χ2v) is 5.12. The van der Waals surface area contributed by atoms with Crippen molar-refractivity contribution >= 4 is 23.5 Å². The van der Waals surface area contributed by atoms with Gasteiger partial charge in [0.15, 0.2) is 11.5 Å². The van der Waals surface area contributed by atoms with Crippen LogP contribution in [0, 0.1) is 12.3 Å². The molecule has 6 nitrogen and oxygen atoms in total. The van der Waals surface area contributed by atoms with Crippen LogP contribution in [0.2, 0.25) is 5.02 Å². The van der Waals surface area contributed by atoms with E-state index >= 15 is 0 Å². The lowest BCUT2D eigenvalue weighted by atomic mass is 10.0. The van der Waals surface area contributed by atoms with Gasteiger partial charge < -0.3 is 15.2 Å². The number of fused-ring (bicyclic) bond motifs is 1. The average molecular weight is 306 g/mol. The van der Waals surface area contributed by atoms with Gasteiger partial charge in [-0.3, -0.25) is 4.90 Å². The minimum Gasteiger partial charge on any atom is -0.454 e. The SMILES string of the molecule is C#CC(C)N1C(=O)N=C(N)C1c1cc(Cl)c2c(c1)OCO2. The number of hydrogen-bond acceptors (Lipinski definition) is 4. The molecule has 2 aliphatic rings. The van der Waals surface area contributed by atoms with Gasteiger partial charge in [-0.1, -0.05) is 17.5 Å². The average Bonchev–Trinajstić information content (AvgIpc) is 3.02. The Morgan fingerprint density at radius 3 is 3.05 bits per heavy atom. The molecule has 2 atom stereocenters. The molecule has 0 radical (unpaired) electrons. The van der Waals surface area contributed by atoms with Crippen LogP contribution in [0.4, 0.5) is 4.79 Å². The maximum atomic E-state index is 12.0. The third kappa shape index (κ3) is 2.06. The molecule has 0 bridgehead atoms. The Labute approximate surface area is 126 Å². The first-order chi connectivity index (χ1) is 10.0. The van der Waals surface area contributed by atoms with Crippen LogP contribution in [0.5, 0.6) is 11.5 Å². The summed E-state index contributed by atoms with van der Waals surface area (Å²) in [6.07, 6.45) is 5.41. The zero-order valence-electron chi connectivity index (χ0n) is 11.2. The maximum Gasteiger partial charge on any atom is 0.347 e. The zero-order valence-corrected chi connectivity index (χ0v) is 11.9. The summed E-state index contributed by atoms with van der Waals surface area (Å²) in [5.41, 5.74) is 6.56. The van der Waals surface area contributed by atoms with E-state index in [1.54, 1.807) is 19.1 Å². The molecule has 0 aromatic heterocycles. The number of urea groups is 1. The van der Waals surface area contributed by atoms with E-state index in [-0.39, 0.29) is 12.6 Å². The largest absolute Gasteiger partial charge is 0.454 e. The number of nitrogens with two attached hydrogens (primary N) is 1. The number of ether oxygens (including phenoxy) is 2. The number of aliphatic imine (C=N–C) groups is 1. The summed E-state index contributed by atoms with van der Waals surface area (Å²) >= 11 is 6.17. The van der Waals surface area contributed by atoms with E-state index in [0.717, 1.165) is 0 Å². The summed E-state index contributed by atoms with van der Waals surface area (Å²) in [7, 11) is 0. The van der Waals surface area contributed by atoms with E-state index in [4.69, 9.17) is 33.2 Å². The van der Waals surface area contributed by atoms with Gasteiger partial charge in [0.2, 0.25) is 6.79 Å². The van der Waals surface area contributed by atoms with E-state index in [9.17, 15) is 4.79 Å². The predicted molar refractivity (Wildman–Crippen MR) is 77.5 cm³/mol. The molecule has 0 spiro atoms. The molecular formula is C14H12ClN3O3. The van der Waals surface area contributed by atoms with Crippen LogP contribution in [-0.2, 0) is 0 Å². The zero-order chi connectivity index (χ0) is 15.1. The van der Waals surface area contributed by atoms with E-state index < -0.39 is 18.1 Å². The number of nitrogens with zero attached hydrogens (tertiary/aromatic N) is 2. The number of rotatable bonds is 2. The Bertz CT molecular complexity index is 695. The lowest BCUT2D eigenvalue weighted by Gasteiger charge is -2.27. The van der Waals surface area contributed by atoms with Crippen molar-refractivity contribution in [2.75, 3.05) is 6.79 Å². The predicted octanol–water partition coefficient (Wildman–Crippen LogP) is 1.92. The van der Waals surface area contributed by atoms with Crippen molar-refractivity contribution < 1.29 is 14.3 Å². The highest BCUT2D eigenvalue weighted by molar-refractivity contribution is 6.32. The van der Waals surface area contributed by atoms with E-state index in [1.807, 2.05) is 0 Å². The summed E-state index contributed by atoms with van der Waals surface area (Å²) in [5, 5.41) is 0.389. The van der Waals surface area contributed by atoms with Gasteiger partial charge in [-0.25, -0.2) is 4.79 Å². The van der Waals surface area contributed by atoms with Crippen LogP contribution >= 0.6 is 11.6 Å². The number of amidine groups is 1. The van der Waals surface area contributed by atoms with Gasteiger partial charge >= 0.3 is 6.03 Å². The second kappa shape index (κ2) is 4.86. The van der Waals surface area contributed by atoms with Gasteiger partial charge in [-0.15, -0.1) is 6.42 Å². The lowest BCUT2D eigenvalue weighted by molar-refractivity contribution is 0.174. The fourth-order valence-electron chi connectivity index (χ4n) is 2.43. The lowest BCUT2D eigenvalue weighted by Crippen LogP contribution is -2.38. The molecule has 1 aromatic rings. The Morgan fingerprint density at radius 2 is 2.33 bits per heavy atom. The number of terminal acetylenes is 1. The van der Waals surface area contributed by atoms with Crippen molar-refractivity contribution in [3.8, 4) is 23.8 Å². The van der Waals surface area contributed by atoms with Crippen molar-refractivity contribution in [2.24, 2.45) is 10.7 Å². The molecule has 2 amide bonds. The van der Waals surface area contributed by atoms with E-state index in [1.165, 1.54) is 4.90 Å². The first-order valence-corrected chi connectivity index (χ1v) is 6.62. The van der Waals surface area contributed by atoms with Crippen LogP contribution < -0.4 is 15.2 Å². The highest BCUT2D eigenvalue weighted by Gasteiger charge is 2.38. The van der Waals surface area contributed by atoms with E-state index in [2.05, 4.69) is 10.9 Å². The van der Waals surface area contributed by atoms with Crippen LogP contribution in [-0.4, -0.2) is 29.6 Å². The van der Waals surface area contributed by atoms with Crippen molar-refractivity contribution in [2.45, 2.75) is 19.0 Å². The fourth-order valence-corrected chi connectivity index (χ4v) is 2.70. The van der Waals surface area contributed by atoms with Gasteiger partial charge in [0.05, 0.1) is 11.1 Å². The quantitative estimate of drug-likeness (QED) is 0.847. The number of amides is 2. The van der Waals surface area contributed by atoms with Gasteiger partial charge in [-0.2, -0.15) is 4.99 Å². The van der Waals surface area contributed by atoms with Crippen molar-refractivity contribution in [1.82, 2.24) is 4.90 Å². The van der Waals surface area contributed by atoms with Crippen molar-refractivity contribution in [3.05, 3.63) is 22.7 Å². The third-order valence-electron chi connectivity index (χ3n) is 3.43. The number of halogens is 1.